The van der Waals surface area contributed by atoms with Crippen molar-refractivity contribution in [2.24, 2.45) is 0 Å². The van der Waals surface area contributed by atoms with E-state index in [2.05, 4.69) is 0 Å². The zero-order chi connectivity index (χ0) is 9.68. The third kappa shape index (κ3) is 2.26. The Morgan fingerprint density at radius 1 is 1.46 bits per heavy atom. The lowest BCUT2D eigenvalue weighted by Crippen LogP contribution is -2.01. The minimum atomic E-state index is 0.0900. The highest BCUT2D eigenvalue weighted by molar-refractivity contribution is 6.11. The maximum Gasteiger partial charge on any atom is 0.163 e. The molecular formula is C10H11NOSi. The van der Waals surface area contributed by atoms with E-state index in [4.69, 9.17) is 5.26 Å². The average Bonchev–Trinajstić information content (AvgIpc) is 2.18. The number of nitrogens with zero attached hydrogens (tertiary/aromatic N) is 1. The number of benzene rings is 1. The first-order valence-corrected chi connectivity index (χ1v) is 5.73. The first-order valence-electron chi connectivity index (χ1n) is 4.32. The van der Waals surface area contributed by atoms with Crippen LogP contribution in [0.5, 0.6) is 0 Å². The lowest BCUT2D eigenvalue weighted by Gasteiger charge is -2.00. The predicted octanol–water partition coefficient (Wildman–Crippen LogP) is 0.915. The summed E-state index contributed by atoms with van der Waals surface area (Å²) in [5, 5.41) is 8.74. The molecule has 0 N–H and O–H groups in total. The fourth-order valence-corrected chi connectivity index (χ4v) is 1.64. The second-order valence-corrected chi connectivity index (χ2v) is 3.83. The molecule has 66 valence electrons. The van der Waals surface area contributed by atoms with Crippen molar-refractivity contribution in [2.75, 3.05) is 0 Å². The quantitative estimate of drug-likeness (QED) is 0.524. The molecule has 13 heavy (non-hydrogen) atoms. The number of hydrogen-bond donors (Lipinski definition) is 0. The maximum atomic E-state index is 11.5. The molecule has 0 bridgehead atoms. The summed E-state index contributed by atoms with van der Waals surface area (Å²) in [5.41, 5.74) is 1.06. The van der Waals surface area contributed by atoms with E-state index in [0.29, 0.717) is 17.5 Å². The molecule has 1 aromatic rings. The lowest BCUT2D eigenvalue weighted by molar-refractivity contribution is 0.0988. The molecule has 0 saturated heterocycles. The number of rotatable bonds is 3. The molecule has 0 aliphatic carbocycles. The van der Waals surface area contributed by atoms with Gasteiger partial charge in [0.15, 0.2) is 5.78 Å². The summed E-state index contributed by atoms with van der Waals surface area (Å²) in [4.78, 5) is 11.5. The van der Waals surface area contributed by atoms with E-state index in [1.54, 1.807) is 24.3 Å². The van der Waals surface area contributed by atoms with E-state index < -0.39 is 0 Å². The van der Waals surface area contributed by atoms with Gasteiger partial charge in [0.2, 0.25) is 0 Å². The first-order chi connectivity index (χ1) is 6.29. The minimum Gasteiger partial charge on any atom is -0.294 e. The Morgan fingerprint density at radius 2 is 2.15 bits per heavy atom. The average molecular weight is 189 g/mol. The van der Waals surface area contributed by atoms with Crippen LogP contribution in [0, 0.1) is 11.3 Å². The molecule has 1 rings (SSSR count). The molecule has 2 nitrogen and oxygen atoms in total. The molecule has 1 aromatic carbocycles. The maximum absolute atomic E-state index is 11.5. The third-order valence-electron chi connectivity index (χ3n) is 1.82. The van der Waals surface area contributed by atoms with Crippen LogP contribution in [0.1, 0.15) is 22.3 Å². The number of hydrogen-bond acceptors (Lipinski definition) is 2. The van der Waals surface area contributed by atoms with Gasteiger partial charge in [-0.3, -0.25) is 4.79 Å². The summed E-state index contributed by atoms with van der Waals surface area (Å²) in [6.07, 6.45) is 0.574. The van der Waals surface area contributed by atoms with Crippen molar-refractivity contribution in [3.63, 3.8) is 0 Å². The number of ketones is 1. The molecule has 0 aliphatic heterocycles. The van der Waals surface area contributed by atoms with Crippen LogP contribution in [-0.4, -0.2) is 16.0 Å². The first kappa shape index (κ1) is 9.68. The molecule has 0 radical (unpaired) electrons. The summed E-state index contributed by atoms with van der Waals surface area (Å²) < 4.78 is 0. The van der Waals surface area contributed by atoms with Gasteiger partial charge >= 0.3 is 0 Å². The van der Waals surface area contributed by atoms with Gasteiger partial charge in [0.05, 0.1) is 11.6 Å². The van der Waals surface area contributed by atoms with Crippen molar-refractivity contribution < 1.29 is 4.79 Å². The van der Waals surface area contributed by atoms with Gasteiger partial charge in [-0.05, 0) is 6.07 Å². The zero-order valence-electron chi connectivity index (χ0n) is 7.58. The molecule has 0 saturated carbocycles. The Morgan fingerprint density at radius 3 is 2.77 bits per heavy atom. The molecular weight excluding hydrogens is 178 g/mol. The van der Waals surface area contributed by atoms with Crippen LogP contribution >= 0.6 is 0 Å². The molecule has 0 spiro atoms. The van der Waals surface area contributed by atoms with Crippen molar-refractivity contribution in [2.45, 2.75) is 12.5 Å². The van der Waals surface area contributed by atoms with Crippen molar-refractivity contribution in [3.8, 4) is 6.07 Å². The van der Waals surface area contributed by atoms with Gasteiger partial charge in [0.1, 0.15) is 0 Å². The van der Waals surface area contributed by atoms with E-state index in [1.165, 1.54) is 0 Å². The molecule has 0 aliphatic rings. The molecule has 3 heteroatoms. The molecule has 0 atom stereocenters. The fourth-order valence-electron chi connectivity index (χ4n) is 1.19. The highest BCUT2D eigenvalue weighted by atomic mass is 28.1. The largest absolute Gasteiger partial charge is 0.294 e. The Hall–Kier alpha value is -1.40. The van der Waals surface area contributed by atoms with Crippen LogP contribution in [0.4, 0.5) is 0 Å². The smallest absolute Gasteiger partial charge is 0.163 e. The lowest BCUT2D eigenvalue weighted by atomic mass is 10.0. The van der Waals surface area contributed by atoms with Gasteiger partial charge in [0.25, 0.3) is 0 Å². The van der Waals surface area contributed by atoms with Crippen molar-refractivity contribution in [1.82, 2.24) is 0 Å². The van der Waals surface area contributed by atoms with Gasteiger partial charge in [-0.2, -0.15) is 5.26 Å². The monoisotopic (exact) mass is 189 g/mol. The summed E-state index contributed by atoms with van der Waals surface area (Å²) in [6, 6.07) is 9.95. The second-order valence-electron chi connectivity index (χ2n) is 2.83. The minimum absolute atomic E-state index is 0.0900. The van der Waals surface area contributed by atoms with Crippen LogP contribution in [0.2, 0.25) is 6.04 Å². The van der Waals surface area contributed by atoms with Gasteiger partial charge in [-0.15, -0.1) is 0 Å². The number of carbonyl (C=O) groups excluding carboxylic acids is 1. The normalized spacial score (nSPS) is 9.46. The number of nitriles is 1. The standard InChI is InChI=1S/C10H11NOSi/c11-7-8-3-1-2-4-9(8)10(12)5-6-13/h1-4H,5-6H2,13H3. The Kier molecular flexibility index (Phi) is 3.41. The fraction of sp³-hybridized carbons (Fsp3) is 0.200. The van der Waals surface area contributed by atoms with E-state index >= 15 is 0 Å². The van der Waals surface area contributed by atoms with Crippen molar-refractivity contribution >= 4 is 16.0 Å². The number of Topliss-reactive ketones (excluding diaryl/α,β-unsaturated/α-hetero) is 1. The SMILES string of the molecule is N#Cc1ccccc1C(=O)CC[SiH3]. The van der Waals surface area contributed by atoms with Crippen LogP contribution in [-0.2, 0) is 0 Å². The molecule has 0 aromatic heterocycles. The molecule has 0 unspecified atom stereocenters. The van der Waals surface area contributed by atoms with E-state index in [1.807, 2.05) is 6.07 Å². The van der Waals surface area contributed by atoms with Crippen LogP contribution in [0.25, 0.3) is 0 Å². The van der Waals surface area contributed by atoms with E-state index in [0.717, 1.165) is 16.3 Å². The summed E-state index contributed by atoms with van der Waals surface area (Å²) in [7, 11) is 1.03. The van der Waals surface area contributed by atoms with E-state index in [9.17, 15) is 4.79 Å². The highest BCUT2D eigenvalue weighted by Crippen LogP contribution is 2.10. The van der Waals surface area contributed by atoms with Gasteiger partial charge < -0.3 is 0 Å². The van der Waals surface area contributed by atoms with Crippen LogP contribution in [0.3, 0.4) is 0 Å². The van der Waals surface area contributed by atoms with Crippen molar-refractivity contribution in [3.05, 3.63) is 35.4 Å². The second kappa shape index (κ2) is 4.58. The number of carbonyl (C=O) groups is 1. The van der Waals surface area contributed by atoms with Gasteiger partial charge in [0, 0.05) is 22.2 Å². The van der Waals surface area contributed by atoms with Crippen LogP contribution < -0.4 is 0 Å². The van der Waals surface area contributed by atoms with Gasteiger partial charge in [-0.25, -0.2) is 0 Å². The molecule has 0 amide bonds. The summed E-state index contributed by atoms with van der Waals surface area (Å²) in [5.74, 6) is 0.0900. The zero-order valence-corrected chi connectivity index (χ0v) is 9.58. The highest BCUT2D eigenvalue weighted by Gasteiger charge is 2.08. The topological polar surface area (TPSA) is 40.9 Å². The van der Waals surface area contributed by atoms with Crippen molar-refractivity contribution in [1.29, 1.82) is 5.26 Å². The van der Waals surface area contributed by atoms with Crippen LogP contribution in [0.15, 0.2) is 24.3 Å². The summed E-state index contributed by atoms with van der Waals surface area (Å²) in [6.45, 7) is 0. The van der Waals surface area contributed by atoms with Gasteiger partial charge in [-0.1, -0.05) is 24.2 Å². The predicted molar refractivity (Wildman–Crippen MR) is 54.9 cm³/mol. The Bertz CT molecular complexity index is 354. The van der Waals surface area contributed by atoms with E-state index in [-0.39, 0.29) is 5.78 Å². The molecule has 0 heterocycles. The third-order valence-corrected chi connectivity index (χ3v) is 2.32. The Balaban J connectivity index is 3.01. The Labute approximate surface area is 80.6 Å². The summed E-state index contributed by atoms with van der Waals surface area (Å²) >= 11 is 0. The molecule has 0 fully saturated rings.